The van der Waals surface area contributed by atoms with Gasteiger partial charge in [-0.15, -0.1) is 0 Å². The molecule has 2 aromatic rings. The van der Waals surface area contributed by atoms with Crippen molar-refractivity contribution in [1.29, 1.82) is 0 Å². The van der Waals surface area contributed by atoms with E-state index in [0.29, 0.717) is 5.15 Å². The molecule has 0 aliphatic carbocycles. The molecule has 0 N–H and O–H groups in total. The first kappa shape index (κ1) is 11.9. The smallest absolute Gasteiger partial charge is 0.149 e. The van der Waals surface area contributed by atoms with Gasteiger partial charge in [0.1, 0.15) is 11.0 Å². The fourth-order valence-corrected chi connectivity index (χ4v) is 1.78. The molecule has 2 rings (SSSR count). The topological polar surface area (TPSA) is 29.0 Å². The van der Waals surface area contributed by atoms with Gasteiger partial charge in [-0.05, 0) is 18.1 Å². The van der Waals surface area contributed by atoms with E-state index in [2.05, 4.69) is 29.0 Å². The molecule has 1 aromatic carbocycles. The highest BCUT2D eigenvalue weighted by Crippen LogP contribution is 2.15. The molecule has 3 nitrogen and oxygen atoms in total. The van der Waals surface area contributed by atoms with Gasteiger partial charge in [-0.3, -0.25) is 4.98 Å². The number of hydrogen-bond acceptors (Lipinski definition) is 3. The molecule has 1 heterocycles. The van der Waals surface area contributed by atoms with Crippen LogP contribution >= 0.6 is 11.6 Å². The van der Waals surface area contributed by atoms with Crippen LogP contribution in [0.25, 0.3) is 0 Å². The molecule has 0 unspecified atom stereocenters. The number of halogens is 1. The summed E-state index contributed by atoms with van der Waals surface area (Å²) in [5.74, 6) is 0.778. The van der Waals surface area contributed by atoms with Crippen LogP contribution in [0.15, 0.2) is 36.7 Å². The largest absolute Gasteiger partial charge is 0.354 e. The molecule has 1 aromatic heterocycles. The summed E-state index contributed by atoms with van der Waals surface area (Å²) in [6.07, 6.45) is 3.25. The first-order valence-electron chi connectivity index (χ1n) is 5.40. The van der Waals surface area contributed by atoms with E-state index in [9.17, 15) is 0 Å². The highest BCUT2D eigenvalue weighted by Gasteiger charge is 2.06. The van der Waals surface area contributed by atoms with Crippen molar-refractivity contribution < 1.29 is 0 Å². The van der Waals surface area contributed by atoms with Crippen LogP contribution in [0.4, 0.5) is 5.82 Å². The molecule has 0 amide bonds. The van der Waals surface area contributed by atoms with E-state index >= 15 is 0 Å². The number of benzene rings is 1. The SMILES string of the molecule is Cc1ccccc1CN(C)c1cncc(Cl)n1. The molecule has 0 spiro atoms. The van der Waals surface area contributed by atoms with Gasteiger partial charge in [0.2, 0.25) is 0 Å². The fourth-order valence-electron chi connectivity index (χ4n) is 1.64. The van der Waals surface area contributed by atoms with Crippen LogP contribution in [0.2, 0.25) is 5.15 Å². The van der Waals surface area contributed by atoms with Crippen molar-refractivity contribution in [2.24, 2.45) is 0 Å². The quantitative estimate of drug-likeness (QED) is 0.835. The van der Waals surface area contributed by atoms with E-state index < -0.39 is 0 Å². The van der Waals surface area contributed by atoms with E-state index in [1.807, 2.05) is 24.1 Å². The zero-order valence-corrected chi connectivity index (χ0v) is 10.6. The summed E-state index contributed by atoms with van der Waals surface area (Å²) in [7, 11) is 1.98. The maximum atomic E-state index is 5.82. The summed E-state index contributed by atoms with van der Waals surface area (Å²) in [4.78, 5) is 10.3. The number of anilines is 1. The molecule has 0 bridgehead atoms. The first-order valence-corrected chi connectivity index (χ1v) is 5.78. The molecule has 4 heteroatoms. The number of hydrogen-bond donors (Lipinski definition) is 0. The Bertz CT molecular complexity index is 514. The lowest BCUT2D eigenvalue weighted by atomic mass is 10.1. The Balaban J connectivity index is 2.17. The zero-order valence-electron chi connectivity index (χ0n) is 9.89. The van der Waals surface area contributed by atoms with Gasteiger partial charge in [-0.1, -0.05) is 35.9 Å². The van der Waals surface area contributed by atoms with Gasteiger partial charge in [-0.25, -0.2) is 4.98 Å². The average molecular weight is 248 g/mol. The van der Waals surface area contributed by atoms with Crippen molar-refractivity contribution in [3.8, 4) is 0 Å². The zero-order chi connectivity index (χ0) is 12.3. The monoisotopic (exact) mass is 247 g/mol. The van der Waals surface area contributed by atoms with Gasteiger partial charge in [0.25, 0.3) is 0 Å². The van der Waals surface area contributed by atoms with Gasteiger partial charge in [0.15, 0.2) is 0 Å². The van der Waals surface area contributed by atoms with Crippen molar-refractivity contribution >= 4 is 17.4 Å². The molecule has 0 saturated heterocycles. The Morgan fingerprint density at radius 2 is 2.00 bits per heavy atom. The lowest BCUT2D eigenvalue weighted by Crippen LogP contribution is -2.18. The molecule has 0 radical (unpaired) electrons. The van der Waals surface area contributed by atoms with Crippen LogP contribution in [-0.2, 0) is 6.54 Å². The standard InChI is InChI=1S/C13H14ClN3/c1-10-5-3-4-6-11(10)9-17(2)13-8-15-7-12(14)16-13/h3-8H,9H2,1-2H3. The summed E-state index contributed by atoms with van der Waals surface area (Å²) < 4.78 is 0. The van der Waals surface area contributed by atoms with E-state index in [1.54, 1.807) is 6.20 Å². The lowest BCUT2D eigenvalue weighted by Gasteiger charge is -2.18. The van der Waals surface area contributed by atoms with Crippen LogP contribution in [0.1, 0.15) is 11.1 Å². The minimum atomic E-state index is 0.416. The number of rotatable bonds is 3. The van der Waals surface area contributed by atoms with Crippen molar-refractivity contribution in [3.63, 3.8) is 0 Å². The third-order valence-corrected chi connectivity index (χ3v) is 2.83. The molecule has 0 aliphatic rings. The summed E-state index contributed by atoms with van der Waals surface area (Å²) in [5.41, 5.74) is 2.55. The number of nitrogens with zero attached hydrogens (tertiary/aromatic N) is 3. The maximum absolute atomic E-state index is 5.82. The highest BCUT2D eigenvalue weighted by atomic mass is 35.5. The highest BCUT2D eigenvalue weighted by molar-refractivity contribution is 6.29. The predicted molar refractivity (Wildman–Crippen MR) is 70.3 cm³/mol. The Hall–Kier alpha value is -1.61. The van der Waals surface area contributed by atoms with Crippen LogP contribution in [0, 0.1) is 6.92 Å². The van der Waals surface area contributed by atoms with Crippen molar-refractivity contribution in [3.05, 3.63) is 52.9 Å². The number of aryl methyl sites for hydroxylation is 1. The maximum Gasteiger partial charge on any atom is 0.149 e. The molecular formula is C13H14ClN3. The Labute approximate surface area is 106 Å². The summed E-state index contributed by atoms with van der Waals surface area (Å²) in [6, 6.07) is 8.30. The van der Waals surface area contributed by atoms with Gasteiger partial charge >= 0.3 is 0 Å². The Morgan fingerprint density at radius 3 is 2.71 bits per heavy atom. The van der Waals surface area contributed by atoms with Crippen LogP contribution < -0.4 is 4.90 Å². The second-order valence-electron chi connectivity index (χ2n) is 3.98. The van der Waals surface area contributed by atoms with Crippen LogP contribution in [0.3, 0.4) is 0 Å². The summed E-state index contributed by atoms with van der Waals surface area (Å²) >= 11 is 5.82. The van der Waals surface area contributed by atoms with Crippen LogP contribution in [0.5, 0.6) is 0 Å². The molecule has 0 aliphatic heterocycles. The summed E-state index contributed by atoms with van der Waals surface area (Å²) in [5, 5.41) is 0.416. The fraction of sp³-hybridized carbons (Fsp3) is 0.231. The normalized spacial score (nSPS) is 10.3. The molecule has 17 heavy (non-hydrogen) atoms. The Kier molecular flexibility index (Phi) is 3.59. The Morgan fingerprint density at radius 1 is 1.24 bits per heavy atom. The van der Waals surface area contributed by atoms with Gasteiger partial charge in [0.05, 0.1) is 12.4 Å². The first-order chi connectivity index (χ1) is 8.16. The van der Waals surface area contributed by atoms with Gasteiger partial charge < -0.3 is 4.90 Å². The van der Waals surface area contributed by atoms with Crippen molar-refractivity contribution in [1.82, 2.24) is 9.97 Å². The van der Waals surface area contributed by atoms with Crippen molar-refractivity contribution in [2.45, 2.75) is 13.5 Å². The average Bonchev–Trinajstić information content (AvgIpc) is 2.32. The van der Waals surface area contributed by atoms with E-state index in [4.69, 9.17) is 11.6 Å². The molecule has 0 saturated carbocycles. The third kappa shape index (κ3) is 2.94. The van der Waals surface area contributed by atoms with Gasteiger partial charge in [0, 0.05) is 13.6 Å². The van der Waals surface area contributed by atoms with E-state index in [-0.39, 0.29) is 0 Å². The second kappa shape index (κ2) is 5.15. The minimum Gasteiger partial charge on any atom is -0.354 e. The third-order valence-electron chi connectivity index (χ3n) is 2.65. The molecule has 88 valence electrons. The molecule has 0 fully saturated rings. The summed E-state index contributed by atoms with van der Waals surface area (Å²) in [6.45, 7) is 2.90. The lowest BCUT2D eigenvalue weighted by molar-refractivity contribution is 0.883. The molecular weight excluding hydrogens is 234 g/mol. The molecule has 0 atom stereocenters. The second-order valence-corrected chi connectivity index (χ2v) is 4.37. The van der Waals surface area contributed by atoms with Crippen molar-refractivity contribution in [2.75, 3.05) is 11.9 Å². The predicted octanol–water partition coefficient (Wildman–Crippen LogP) is 3.07. The minimum absolute atomic E-state index is 0.416. The van der Waals surface area contributed by atoms with Gasteiger partial charge in [-0.2, -0.15) is 0 Å². The van der Waals surface area contributed by atoms with E-state index in [0.717, 1.165) is 12.4 Å². The van der Waals surface area contributed by atoms with E-state index in [1.165, 1.54) is 17.3 Å². The number of aromatic nitrogens is 2. The van der Waals surface area contributed by atoms with Crippen LogP contribution in [-0.4, -0.2) is 17.0 Å².